The maximum absolute atomic E-state index is 5.93. The highest BCUT2D eigenvalue weighted by Gasteiger charge is 2.07. The predicted octanol–water partition coefficient (Wildman–Crippen LogP) is 5.86. The van der Waals surface area contributed by atoms with Gasteiger partial charge in [0.25, 0.3) is 0 Å². The first kappa shape index (κ1) is 13.6. The second kappa shape index (κ2) is 5.54. The van der Waals surface area contributed by atoms with Gasteiger partial charge in [-0.3, -0.25) is 0 Å². The van der Waals surface area contributed by atoms with E-state index in [1.165, 1.54) is 0 Å². The zero-order chi connectivity index (χ0) is 14.1. The van der Waals surface area contributed by atoms with Crippen LogP contribution in [0.15, 0.2) is 57.6 Å². The SMILES string of the molecule is Cc1cc(Oc2nccc3c(Br)cccc23)ccc1Br. The minimum Gasteiger partial charge on any atom is -0.438 e. The van der Waals surface area contributed by atoms with E-state index in [1.54, 1.807) is 6.20 Å². The Labute approximate surface area is 134 Å². The van der Waals surface area contributed by atoms with Gasteiger partial charge in [0.2, 0.25) is 5.88 Å². The summed E-state index contributed by atoms with van der Waals surface area (Å²) >= 11 is 7.03. The fourth-order valence-corrected chi connectivity index (χ4v) is 2.76. The van der Waals surface area contributed by atoms with E-state index in [1.807, 2.05) is 49.4 Å². The molecule has 100 valence electrons. The van der Waals surface area contributed by atoms with Crippen LogP contribution in [-0.4, -0.2) is 4.98 Å². The molecule has 1 heterocycles. The molecule has 0 aliphatic rings. The van der Waals surface area contributed by atoms with E-state index >= 15 is 0 Å². The van der Waals surface area contributed by atoms with E-state index < -0.39 is 0 Å². The van der Waals surface area contributed by atoms with Crippen molar-refractivity contribution in [3.05, 3.63) is 63.2 Å². The van der Waals surface area contributed by atoms with Gasteiger partial charge >= 0.3 is 0 Å². The average Bonchev–Trinajstić information content (AvgIpc) is 2.44. The van der Waals surface area contributed by atoms with Crippen molar-refractivity contribution in [2.75, 3.05) is 0 Å². The van der Waals surface area contributed by atoms with Crippen molar-refractivity contribution in [3.8, 4) is 11.6 Å². The molecule has 0 saturated heterocycles. The average molecular weight is 393 g/mol. The molecule has 0 fully saturated rings. The van der Waals surface area contributed by atoms with Gasteiger partial charge in [0.15, 0.2) is 0 Å². The number of hydrogen-bond donors (Lipinski definition) is 0. The molecule has 2 nitrogen and oxygen atoms in total. The van der Waals surface area contributed by atoms with Gasteiger partial charge in [0.1, 0.15) is 5.75 Å². The summed E-state index contributed by atoms with van der Waals surface area (Å²) < 4.78 is 8.03. The molecule has 0 bridgehead atoms. The van der Waals surface area contributed by atoms with Gasteiger partial charge in [-0.05, 0) is 48.9 Å². The quantitative estimate of drug-likeness (QED) is 0.544. The fraction of sp³-hybridized carbons (Fsp3) is 0.0625. The molecule has 0 amide bonds. The fourth-order valence-electron chi connectivity index (χ4n) is 2.02. The summed E-state index contributed by atoms with van der Waals surface area (Å²) in [6, 6.07) is 13.9. The summed E-state index contributed by atoms with van der Waals surface area (Å²) in [6.07, 6.45) is 1.76. The highest BCUT2D eigenvalue weighted by Crippen LogP contribution is 2.32. The van der Waals surface area contributed by atoms with Crippen molar-refractivity contribution < 1.29 is 4.74 Å². The zero-order valence-electron chi connectivity index (χ0n) is 10.7. The van der Waals surface area contributed by atoms with Gasteiger partial charge < -0.3 is 4.74 Å². The molecule has 4 heteroatoms. The van der Waals surface area contributed by atoms with Gasteiger partial charge in [-0.15, -0.1) is 0 Å². The number of pyridine rings is 1. The zero-order valence-corrected chi connectivity index (χ0v) is 13.9. The van der Waals surface area contributed by atoms with E-state index in [0.717, 1.165) is 31.0 Å². The number of rotatable bonds is 2. The number of ether oxygens (including phenoxy) is 1. The third-order valence-electron chi connectivity index (χ3n) is 3.06. The first-order valence-electron chi connectivity index (χ1n) is 6.12. The van der Waals surface area contributed by atoms with Gasteiger partial charge in [-0.2, -0.15) is 0 Å². The van der Waals surface area contributed by atoms with Crippen LogP contribution in [0.4, 0.5) is 0 Å². The monoisotopic (exact) mass is 391 g/mol. The lowest BCUT2D eigenvalue weighted by atomic mass is 10.2. The lowest BCUT2D eigenvalue weighted by Gasteiger charge is -2.09. The Morgan fingerprint density at radius 3 is 2.60 bits per heavy atom. The molecule has 0 unspecified atom stereocenters. The molecule has 0 atom stereocenters. The molecular formula is C16H11Br2NO. The van der Waals surface area contributed by atoms with Crippen molar-refractivity contribution in [3.63, 3.8) is 0 Å². The summed E-state index contributed by atoms with van der Waals surface area (Å²) in [5, 5.41) is 2.08. The van der Waals surface area contributed by atoms with Crippen LogP contribution < -0.4 is 4.74 Å². The Bertz CT molecular complexity index is 787. The molecule has 3 aromatic rings. The van der Waals surface area contributed by atoms with Crippen molar-refractivity contribution in [1.82, 2.24) is 4.98 Å². The van der Waals surface area contributed by atoms with E-state index in [9.17, 15) is 0 Å². The number of benzene rings is 2. The molecule has 20 heavy (non-hydrogen) atoms. The van der Waals surface area contributed by atoms with Crippen molar-refractivity contribution in [1.29, 1.82) is 0 Å². The highest BCUT2D eigenvalue weighted by atomic mass is 79.9. The third-order valence-corrected chi connectivity index (χ3v) is 4.64. The van der Waals surface area contributed by atoms with Crippen LogP contribution in [0.2, 0.25) is 0 Å². The lowest BCUT2D eigenvalue weighted by Crippen LogP contribution is -1.90. The summed E-state index contributed by atoms with van der Waals surface area (Å²) in [5.74, 6) is 1.40. The van der Waals surface area contributed by atoms with Crippen LogP contribution >= 0.6 is 31.9 Å². The molecule has 2 aromatic carbocycles. The number of halogens is 2. The molecule has 0 aliphatic carbocycles. The van der Waals surface area contributed by atoms with Crippen molar-refractivity contribution in [2.24, 2.45) is 0 Å². The topological polar surface area (TPSA) is 22.1 Å². The van der Waals surface area contributed by atoms with E-state index in [-0.39, 0.29) is 0 Å². The first-order chi connectivity index (χ1) is 9.65. The largest absolute Gasteiger partial charge is 0.438 e. The molecule has 0 aliphatic heterocycles. The molecule has 3 rings (SSSR count). The van der Waals surface area contributed by atoms with Crippen molar-refractivity contribution >= 4 is 42.6 Å². The normalized spacial score (nSPS) is 10.8. The van der Waals surface area contributed by atoms with E-state index in [4.69, 9.17) is 4.74 Å². The Balaban J connectivity index is 2.06. The third kappa shape index (κ3) is 2.58. The Hall–Kier alpha value is -1.39. The van der Waals surface area contributed by atoms with Crippen LogP contribution in [0, 0.1) is 6.92 Å². The van der Waals surface area contributed by atoms with Gasteiger partial charge in [-0.1, -0.05) is 37.9 Å². The number of aryl methyl sites for hydroxylation is 1. The minimum absolute atomic E-state index is 0.616. The lowest BCUT2D eigenvalue weighted by molar-refractivity contribution is 0.468. The summed E-state index contributed by atoms with van der Waals surface area (Å²) in [4.78, 5) is 4.34. The molecular weight excluding hydrogens is 382 g/mol. The van der Waals surface area contributed by atoms with Crippen molar-refractivity contribution in [2.45, 2.75) is 6.92 Å². The van der Waals surface area contributed by atoms with Gasteiger partial charge in [-0.25, -0.2) is 4.98 Å². The van der Waals surface area contributed by atoms with Gasteiger partial charge in [0, 0.05) is 25.9 Å². The van der Waals surface area contributed by atoms with Crippen LogP contribution in [-0.2, 0) is 0 Å². The summed E-state index contributed by atoms with van der Waals surface area (Å²) in [7, 11) is 0. The highest BCUT2D eigenvalue weighted by molar-refractivity contribution is 9.11. The number of aromatic nitrogens is 1. The molecule has 0 saturated carbocycles. The molecule has 0 radical (unpaired) electrons. The number of hydrogen-bond acceptors (Lipinski definition) is 2. The van der Waals surface area contributed by atoms with Gasteiger partial charge in [0.05, 0.1) is 0 Å². The van der Waals surface area contributed by atoms with Crippen LogP contribution in [0.25, 0.3) is 10.8 Å². The van der Waals surface area contributed by atoms with Crippen LogP contribution in [0.5, 0.6) is 11.6 Å². The summed E-state index contributed by atoms with van der Waals surface area (Å²) in [5.41, 5.74) is 1.13. The van der Waals surface area contributed by atoms with E-state index in [2.05, 4.69) is 36.8 Å². The second-order valence-corrected chi connectivity index (χ2v) is 6.17. The Morgan fingerprint density at radius 1 is 0.950 bits per heavy atom. The molecule has 1 aromatic heterocycles. The predicted molar refractivity (Wildman–Crippen MR) is 88.4 cm³/mol. The minimum atomic E-state index is 0.616. The maximum atomic E-state index is 5.93. The molecule has 0 spiro atoms. The Morgan fingerprint density at radius 2 is 1.80 bits per heavy atom. The second-order valence-electron chi connectivity index (χ2n) is 4.46. The van der Waals surface area contributed by atoms with Crippen LogP contribution in [0.1, 0.15) is 5.56 Å². The maximum Gasteiger partial charge on any atom is 0.227 e. The molecule has 0 N–H and O–H groups in total. The van der Waals surface area contributed by atoms with Crippen LogP contribution in [0.3, 0.4) is 0 Å². The first-order valence-corrected chi connectivity index (χ1v) is 7.71. The Kier molecular flexibility index (Phi) is 3.76. The number of nitrogens with zero attached hydrogens (tertiary/aromatic N) is 1. The standard InChI is InChI=1S/C16H11Br2NO/c1-10-9-11(5-6-14(10)17)20-16-13-3-2-4-15(18)12(13)7-8-19-16/h2-9H,1H3. The number of fused-ring (bicyclic) bond motifs is 1. The summed E-state index contributed by atoms with van der Waals surface area (Å²) in [6.45, 7) is 2.03. The smallest absolute Gasteiger partial charge is 0.227 e. The van der Waals surface area contributed by atoms with E-state index in [0.29, 0.717) is 5.88 Å².